The van der Waals surface area contributed by atoms with Gasteiger partial charge in [0, 0.05) is 11.9 Å². The van der Waals surface area contributed by atoms with Gasteiger partial charge in [0.15, 0.2) is 9.84 Å². The standard InChI is InChI=1S/C16H18N2O4S/c1-3-22-15-10-5-4-9-14(15)18-16(19)17-12-7-6-8-13(11-12)23(2,20)21/h4-11H,3H2,1-2H3,(H2,17,18,19). The molecule has 2 aromatic rings. The lowest BCUT2D eigenvalue weighted by atomic mass is 10.3. The number of sulfone groups is 1. The van der Waals surface area contributed by atoms with E-state index >= 15 is 0 Å². The van der Waals surface area contributed by atoms with E-state index in [9.17, 15) is 13.2 Å². The maximum atomic E-state index is 12.1. The van der Waals surface area contributed by atoms with E-state index < -0.39 is 15.9 Å². The minimum Gasteiger partial charge on any atom is -0.492 e. The van der Waals surface area contributed by atoms with Gasteiger partial charge >= 0.3 is 6.03 Å². The van der Waals surface area contributed by atoms with Crippen molar-refractivity contribution in [3.8, 4) is 5.75 Å². The molecule has 0 unspecified atom stereocenters. The molecular weight excluding hydrogens is 316 g/mol. The van der Waals surface area contributed by atoms with E-state index in [1.54, 1.807) is 30.3 Å². The Labute approximate surface area is 135 Å². The van der Waals surface area contributed by atoms with Crippen LogP contribution in [0.15, 0.2) is 53.4 Å². The number of nitrogens with one attached hydrogen (secondary N) is 2. The van der Waals surface area contributed by atoms with Crippen molar-refractivity contribution in [1.29, 1.82) is 0 Å². The van der Waals surface area contributed by atoms with Crippen LogP contribution in [0.4, 0.5) is 16.2 Å². The third-order valence-electron chi connectivity index (χ3n) is 2.96. The second-order valence-electron chi connectivity index (χ2n) is 4.81. The van der Waals surface area contributed by atoms with Crippen molar-refractivity contribution >= 4 is 27.2 Å². The summed E-state index contributed by atoms with van der Waals surface area (Å²) in [6.07, 6.45) is 1.12. The topological polar surface area (TPSA) is 84.5 Å². The molecule has 122 valence electrons. The number of benzene rings is 2. The fourth-order valence-corrected chi connectivity index (χ4v) is 2.61. The monoisotopic (exact) mass is 334 g/mol. The molecule has 0 aromatic heterocycles. The highest BCUT2D eigenvalue weighted by molar-refractivity contribution is 7.90. The normalized spacial score (nSPS) is 10.9. The summed E-state index contributed by atoms with van der Waals surface area (Å²) in [6.45, 7) is 2.34. The van der Waals surface area contributed by atoms with Crippen LogP contribution in [-0.4, -0.2) is 27.3 Å². The Balaban J connectivity index is 2.12. The molecule has 0 atom stereocenters. The molecule has 6 nitrogen and oxygen atoms in total. The van der Waals surface area contributed by atoms with Crippen molar-refractivity contribution in [3.05, 3.63) is 48.5 Å². The zero-order valence-electron chi connectivity index (χ0n) is 12.9. The van der Waals surface area contributed by atoms with E-state index in [0.717, 1.165) is 6.26 Å². The van der Waals surface area contributed by atoms with Crippen molar-refractivity contribution in [3.63, 3.8) is 0 Å². The van der Waals surface area contributed by atoms with Crippen molar-refractivity contribution in [2.75, 3.05) is 23.5 Å². The van der Waals surface area contributed by atoms with Crippen LogP contribution in [0, 0.1) is 0 Å². The largest absolute Gasteiger partial charge is 0.492 e. The van der Waals surface area contributed by atoms with Crippen molar-refractivity contribution in [1.82, 2.24) is 0 Å². The molecule has 23 heavy (non-hydrogen) atoms. The average molecular weight is 334 g/mol. The van der Waals surface area contributed by atoms with Crippen molar-refractivity contribution < 1.29 is 17.9 Å². The summed E-state index contributed by atoms with van der Waals surface area (Å²) >= 11 is 0. The second kappa shape index (κ2) is 7.15. The number of para-hydroxylation sites is 2. The van der Waals surface area contributed by atoms with Gasteiger partial charge in [0.25, 0.3) is 0 Å². The fraction of sp³-hybridized carbons (Fsp3) is 0.188. The van der Waals surface area contributed by atoms with Crippen LogP contribution in [0.5, 0.6) is 5.75 Å². The second-order valence-corrected chi connectivity index (χ2v) is 6.82. The first kappa shape index (κ1) is 16.8. The number of urea groups is 1. The number of carbonyl (C=O) groups excluding carboxylic acids is 1. The van der Waals surface area contributed by atoms with Gasteiger partial charge in [-0.2, -0.15) is 0 Å². The van der Waals surface area contributed by atoms with E-state index in [0.29, 0.717) is 23.7 Å². The zero-order valence-corrected chi connectivity index (χ0v) is 13.7. The molecule has 0 aliphatic carbocycles. The third kappa shape index (κ3) is 4.72. The highest BCUT2D eigenvalue weighted by atomic mass is 32.2. The molecule has 0 aliphatic heterocycles. The van der Waals surface area contributed by atoms with E-state index in [-0.39, 0.29) is 4.90 Å². The molecule has 0 fully saturated rings. The van der Waals surface area contributed by atoms with Gasteiger partial charge < -0.3 is 15.4 Å². The van der Waals surface area contributed by atoms with Crippen LogP contribution in [0.3, 0.4) is 0 Å². The van der Waals surface area contributed by atoms with E-state index in [2.05, 4.69) is 10.6 Å². The molecule has 2 amide bonds. The number of amides is 2. The van der Waals surface area contributed by atoms with Gasteiger partial charge in [-0.15, -0.1) is 0 Å². The minimum atomic E-state index is -3.33. The molecule has 0 spiro atoms. The Morgan fingerprint density at radius 2 is 1.83 bits per heavy atom. The highest BCUT2D eigenvalue weighted by Crippen LogP contribution is 2.24. The maximum Gasteiger partial charge on any atom is 0.323 e. The highest BCUT2D eigenvalue weighted by Gasteiger charge is 2.10. The Morgan fingerprint density at radius 1 is 1.09 bits per heavy atom. The number of hydrogen-bond donors (Lipinski definition) is 2. The molecular formula is C16H18N2O4S. The molecule has 0 bridgehead atoms. The molecule has 2 aromatic carbocycles. The first-order valence-electron chi connectivity index (χ1n) is 7.00. The van der Waals surface area contributed by atoms with E-state index in [4.69, 9.17) is 4.74 Å². The van der Waals surface area contributed by atoms with Crippen molar-refractivity contribution in [2.45, 2.75) is 11.8 Å². The van der Waals surface area contributed by atoms with E-state index in [1.807, 2.05) is 13.0 Å². The summed E-state index contributed by atoms with van der Waals surface area (Å²) in [6, 6.07) is 12.6. The lowest BCUT2D eigenvalue weighted by Gasteiger charge is -2.12. The van der Waals surface area contributed by atoms with Crippen LogP contribution < -0.4 is 15.4 Å². The molecule has 0 saturated carbocycles. The predicted octanol–water partition coefficient (Wildman–Crippen LogP) is 3.13. The van der Waals surface area contributed by atoms with E-state index in [1.165, 1.54) is 12.1 Å². The van der Waals surface area contributed by atoms with Crippen LogP contribution >= 0.6 is 0 Å². The quantitative estimate of drug-likeness (QED) is 0.880. The zero-order chi connectivity index (χ0) is 16.9. The third-order valence-corrected chi connectivity index (χ3v) is 4.07. The summed E-state index contributed by atoms with van der Waals surface area (Å²) in [4.78, 5) is 12.2. The van der Waals surface area contributed by atoms with Crippen LogP contribution in [-0.2, 0) is 9.84 Å². The van der Waals surface area contributed by atoms with Crippen LogP contribution in [0.1, 0.15) is 6.92 Å². The molecule has 0 radical (unpaired) electrons. The predicted molar refractivity (Wildman–Crippen MR) is 89.8 cm³/mol. The van der Waals surface area contributed by atoms with Gasteiger partial charge in [-0.1, -0.05) is 18.2 Å². The Morgan fingerprint density at radius 3 is 2.52 bits per heavy atom. The number of anilines is 2. The Kier molecular flexibility index (Phi) is 5.23. The minimum absolute atomic E-state index is 0.144. The molecule has 2 rings (SSSR count). The maximum absolute atomic E-state index is 12.1. The number of ether oxygens (including phenoxy) is 1. The summed E-state index contributed by atoms with van der Waals surface area (Å²) in [5, 5.41) is 5.28. The summed E-state index contributed by atoms with van der Waals surface area (Å²) in [7, 11) is -3.33. The Bertz CT molecular complexity index is 803. The number of rotatable bonds is 5. The molecule has 2 N–H and O–H groups in total. The first-order chi connectivity index (χ1) is 10.9. The summed E-state index contributed by atoms with van der Waals surface area (Å²) in [5.41, 5.74) is 0.922. The van der Waals surface area contributed by atoms with Gasteiger partial charge in [-0.3, -0.25) is 0 Å². The Hall–Kier alpha value is -2.54. The molecule has 0 heterocycles. The lowest BCUT2D eigenvalue weighted by Crippen LogP contribution is -2.20. The fourth-order valence-electron chi connectivity index (χ4n) is 1.94. The molecule has 0 aliphatic rings. The number of hydrogen-bond acceptors (Lipinski definition) is 4. The number of carbonyl (C=O) groups is 1. The van der Waals surface area contributed by atoms with Crippen molar-refractivity contribution in [2.24, 2.45) is 0 Å². The average Bonchev–Trinajstić information content (AvgIpc) is 2.49. The van der Waals surface area contributed by atoms with Gasteiger partial charge in [0.2, 0.25) is 0 Å². The van der Waals surface area contributed by atoms with Gasteiger partial charge in [0.1, 0.15) is 5.75 Å². The summed E-state index contributed by atoms with van der Waals surface area (Å²) < 4.78 is 28.5. The lowest BCUT2D eigenvalue weighted by molar-refractivity contribution is 0.262. The van der Waals surface area contributed by atoms with Gasteiger partial charge in [-0.05, 0) is 37.3 Å². The van der Waals surface area contributed by atoms with Crippen LogP contribution in [0.2, 0.25) is 0 Å². The first-order valence-corrected chi connectivity index (χ1v) is 8.89. The SMILES string of the molecule is CCOc1ccccc1NC(=O)Nc1cccc(S(C)(=O)=O)c1. The van der Waals surface area contributed by atoms with Crippen LogP contribution in [0.25, 0.3) is 0 Å². The molecule has 7 heteroatoms. The van der Waals surface area contributed by atoms with Gasteiger partial charge in [-0.25, -0.2) is 13.2 Å². The summed E-state index contributed by atoms with van der Waals surface area (Å²) in [5.74, 6) is 0.565. The smallest absolute Gasteiger partial charge is 0.323 e. The molecule has 0 saturated heterocycles. The van der Waals surface area contributed by atoms with Gasteiger partial charge in [0.05, 0.1) is 17.2 Å².